The Kier molecular flexibility index (Phi) is 4.45. The fourth-order valence-corrected chi connectivity index (χ4v) is 3.10. The number of H-pyrrole nitrogens is 1. The van der Waals surface area contributed by atoms with Gasteiger partial charge < -0.3 is 14.6 Å². The maximum absolute atomic E-state index is 12.7. The Labute approximate surface area is 146 Å². The third-order valence-corrected chi connectivity index (χ3v) is 5.12. The number of carbonyl (C=O) groups is 1. The van der Waals surface area contributed by atoms with E-state index in [4.69, 9.17) is 17.0 Å². The maximum Gasteiger partial charge on any atom is 0.230 e. The van der Waals surface area contributed by atoms with E-state index in [9.17, 15) is 4.79 Å². The van der Waals surface area contributed by atoms with Crippen molar-refractivity contribution in [3.8, 4) is 5.75 Å². The molecule has 7 heteroatoms. The van der Waals surface area contributed by atoms with Gasteiger partial charge in [0.25, 0.3) is 0 Å². The van der Waals surface area contributed by atoms with Gasteiger partial charge in [0.15, 0.2) is 4.77 Å². The van der Waals surface area contributed by atoms with E-state index >= 15 is 0 Å². The van der Waals surface area contributed by atoms with Gasteiger partial charge in [0.05, 0.1) is 12.5 Å². The first-order valence-corrected chi connectivity index (χ1v) is 8.42. The van der Waals surface area contributed by atoms with Crippen LogP contribution in [0.15, 0.2) is 18.2 Å². The molecule has 1 aromatic carbocycles. The van der Waals surface area contributed by atoms with Gasteiger partial charge in [-0.15, -0.1) is 0 Å². The summed E-state index contributed by atoms with van der Waals surface area (Å²) in [6.45, 7) is 2.54. The number of aryl methyl sites for hydroxylation is 1. The lowest BCUT2D eigenvalue weighted by Crippen LogP contribution is -2.36. The molecular weight excluding hydrogens is 324 g/mol. The fraction of sp³-hybridized carbons (Fsp3) is 0.471. The highest BCUT2D eigenvalue weighted by molar-refractivity contribution is 7.71. The number of carbonyl (C=O) groups excluding carboxylic acids is 1. The number of nitrogens with zero attached hydrogens (tertiary/aromatic N) is 2. The molecule has 2 aromatic rings. The number of aromatic nitrogens is 3. The number of nitrogens with one attached hydrogen (secondary N) is 2. The van der Waals surface area contributed by atoms with E-state index in [2.05, 4.69) is 15.5 Å². The van der Waals surface area contributed by atoms with E-state index in [1.54, 1.807) is 7.11 Å². The van der Waals surface area contributed by atoms with Gasteiger partial charge in [-0.25, -0.2) is 0 Å². The molecule has 1 aromatic heterocycles. The third-order valence-electron chi connectivity index (χ3n) is 4.75. The first-order valence-electron chi connectivity index (χ1n) is 8.01. The molecule has 24 heavy (non-hydrogen) atoms. The van der Waals surface area contributed by atoms with Crippen LogP contribution in [0.3, 0.4) is 0 Å². The largest absolute Gasteiger partial charge is 0.496 e. The average Bonchev–Trinajstić information content (AvgIpc) is 3.33. The van der Waals surface area contributed by atoms with Crippen LogP contribution in [0.5, 0.6) is 5.75 Å². The lowest BCUT2D eigenvalue weighted by molar-refractivity contribution is -0.123. The molecule has 3 rings (SSSR count). The summed E-state index contributed by atoms with van der Waals surface area (Å²) < 4.78 is 7.79. The predicted octanol–water partition coefficient (Wildman–Crippen LogP) is 2.19. The molecule has 1 fully saturated rings. The van der Waals surface area contributed by atoms with Crippen LogP contribution >= 0.6 is 12.2 Å². The highest BCUT2D eigenvalue weighted by Gasteiger charge is 2.51. The molecule has 128 valence electrons. The van der Waals surface area contributed by atoms with Gasteiger partial charge in [0, 0.05) is 20.0 Å². The molecule has 1 saturated carbocycles. The second-order valence-corrected chi connectivity index (χ2v) is 6.66. The van der Waals surface area contributed by atoms with Gasteiger partial charge in [-0.2, -0.15) is 5.10 Å². The quantitative estimate of drug-likeness (QED) is 0.787. The van der Waals surface area contributed by atoms with Crippen LogP contribution in [-0.2, 0) is 23.7 Å². The number of hydrogen-bond donors (Lipinski definition) is 2. The molecule has 0 aliphatic heterocycles. The van der Waals surface area contributed by atoms with Crippen molar-refractivity contribution in [2.75, 3.05) is 13.7 Å². The predicted molar refractivity (Wildman–Crippen MR) is 93.7 cm³/mol. The van der Waals surface area contributed by atoms with E-state index in [1.165, 1.54) is 0 Å². The zero-order valence-corrected chi connectivity index (χ0v) is 15.0. The average molecular weight is 346 g/mol. The molecular formula is C17H22N4O2S. The van der Waals surface area contributed by atoms with Crippen molar-refractivity contribution in [2.45, 2.75) is 31.6 Å². The Balaban J connectivity index is 1.66. The Hall–Kier alpha value is -2.15. The van der Waals surface area contributed by atoms with Gasteiger partial charge in [-0.05, 0) is 49.2 Å². The number of ether oxygens (including phenoxy) is 1. The van der Waals surface area contributed by atoms with E-state index < -0.39 is 5.41 Å². The lowest BCUT2D eigenvalue weighted by atomic mass is 9.93. The summed E-state index contributed by atoms with van der Waals surface area (Å²) in [5.41, 5.74) is 1.70. The Morgan fingerprint density at radius 3 is 2.83 bits per heavy atom. The molecule has 0 radical (unpaired) electrons. The second kappa shape index (κ2) is 6.39. The molecule has 1 aliphatic rings. The first-order chi connectivity index (χ1) is 11.5. The molecule has 0 bridgehead atoms. The minimum atomic E-state index is -0.405. The minimum absolute atomic E-state index is 0.0743. The van der Waals surface area contributed by atoms with Crippen molar-refractivity contribution in [3.63, 3.8) is 0 Å². The summed E-state index contributed by atoms with van der Waals surface area (Å²) in [5.74, 6) is 1.74. The van der Waals surface area contributed by atoms with E-state index in [0.717, 1.165) is 35.5 Å². The Morgan fingerprint density at radius 2 is 2.25 bits per heavy atom. The van der Waals surface area contributed by atoms with Crippen molar-refractivity contribution in [3.05, 3.63) is 39.9 Å². The highest BCUT2D eigenvalue weighted by atomic mass is 32.1. The number of aromatic amines is 1. The maximum atomic E-state index is 12.7. The zero-order valence-electron chi connectivity index (χ0n) is 14.2. The number of methoxy groups -OCH3 is 1. The van der Waals surface area contributed by atoms with Crippen LogP contribution in [0, 0.1) is 11.7 Å². The summed E-state index contributed by atoms with van der Waals surface area (Å²) in [6.07, 6.45) is 2.39. The molecule has 0 unspecified atom stereocenters. The molecule has 1 aliphatic carbocycles. The molecule has 0 atom stereocenters. The number of benzene rings is 1. The topological polar surface area (TPSA) is 71.9 Å². The van der Waals surface area contributed by atoms with Gasteiger partial charge in [0.1, 0.15) is 11.6 Å². The summed E-state index contributed by atoms with van der Waals surface area (Å²) >= 11 is 5.09. The van der Waals surface area contributed by atoms with Crippen LogP contribution in [0.2, 0.25) is 0 Å². The van der Waals surface area contributed by atoms with Crippen molar-refractivity contribution < 1.29 is 9.53 Å². The Morgan fingerprint density at radius 1 is 1.50 bits per heavy atom. The zero-order chi connectivity index (χ0) is 17.3. The number of hydrogen-bond acceptors (Lipinski definition) is 4. The van der Waals surface area contributed by atoms with Crippen molar-refractivity contribution >= 4 is 18.1 Å². The monoisotopic (exact) mass is 346 g/mol. The highest BCUT2D eigenvalue weighted by Crippen LogP contribution is 2.49. The summed E-state index contributed by atoms with van der Waals surface area (Å²) in [6, 6.07) is 6.02. The Bertz CT molecular complexity index is 820. The van der Waals surface area contributed by atoms with Gasteiger partial charge in [-0.3, -0.25) is 9.89 Å². The molecule has 2 N–H and O–H groups in total. The van der Waals surface area contributed by atoms with Crippen LogP contribution in [0.25, 0.3) is 0 Å². The number of rotatable bonds is 6. The van der Waals surface area contributed by atoms with Crippen molar-refractivity contribution in [2.24, 2.45) is 7.05 Å². The van der Waals surface area contributed by atoms with Crippen molar-refractivity contribution in [1.82, 2.24) is 20.1 Å². The lowest BCUT2D eigenvalue weighted by Gasteiger charge is -2.17. The van der Waals surface area contributed by atoms with Gasteiger partial charge >= 0.3 is 0 Å². The smallest absolute Gasteiger partial charge is 0.230 e. The first kappa shape index (κ1) is 16.7. The van der Waals surface area contributed by atoms with E-state index in [-0.39, 0.29) is 5.91 Å². The summed E-state index contributed by atoms with van der Waals surface area (Å²) in [7, 11) is 3.52. The number of amides is 1. The normalized spacial score (nSPS) is 15.1. The van der Waals surface area contributed by atoms with Crippen molar-refractivity contribution in [1.29, 1.82) is 0 Å². The molecule has 6 nitrogen and oxygen atoms in total. The minimum Gasteiger partial charge on any atom is -0.496 e. The standard InChI is InChI=1S/C17H22N4O2S/c1-11-4-5-12(10-13(11)23-3)17(7-8-17)15(22)18-9-6-14-19-20-16(24)21(14)2/h4-5,10H,6-9H2,1-3H3,(H,18,22)(H,20,24). The molecule has 1 heterocycles. The molecule has 0 spiro atoms. The fourth-order valence-electron chi connectivity index (χ4n) is 2.95. The van der Waals surface area contributed by atoms with E-state index in [1.807, 2.05) is 36.7 Å². The SMILES string of the molecule is COc1cc(C2(C(=O)NCCc3n[nH]c(=S)n3C)CC2)ccc1C. The van der Waals surface area contributed by atoms with Crippen LogP contribution < -0.4 is 10.1 Å². The summed E-state index contributed by atoms with van der Waals surface area (Å²) in [5, 5.41) is 9.95. The second-order valence-electron chi connectivity index (χ2n) is 6.28. The van der Waals surface area contributed by atoms with E-state index in [0.29, 0.717) is 17.7 Å². The van der Waals surface area contributed by atoms with Crippen LogP contribution in [0.4, 0.5) is 0 Å². The summed E-state index contributed by atoms with van der Waals surface area (Å²) in [4.78, 5) is 12.7. The van der Waals surface area contributed by atoms with Crippen LogP contribution in [-0.4, -0.2) is 34.3 Å². The van der Waals surface area contributed by atoms with Crippen LogP contribution in [0.1, 0.15) is 29.8 Å². The molecule has 0 saturated heterocycles. The van der Waals surface area contributed by atoms with Gasteiger partial charge in [0.2, 0.25) is 5.91 Å². The molecule has 1 amide bonds. The third kappa shape index (κ3) is 2.96. The van der Waals surface area contributed by atoms with Gasteiger partial charge in [-0.1, -0.05) is 12.1 Å².